The van der Waals surface area contributed by atoms with Gasteiger partial charge in [0.25, 0.3) is 17.2 Å². The fourth-order valence-electron chi connectivity index (χ4n) is 2.82. The lowest BCUT2D eigenvalue weighted by Crippen LogP contribution is -2.30. The summed E-state index contributed by atoms with van der Waals surface area (Å²) in [6, 6.07) is 9.55. The number of nitro groups is 1. The zero-order valence-electron chi connectivity index (χ0n) is 16.0. The highest BCUT2D eigenvalue weighted by Gasteiger charge is 2.33. The van der Waals surface area contributed by atoms with Gasteiger partial charge in [-0.05, 0) is 30.7 Å². The average Bonchev–Trinajstić information content (AvgIpc) is 2.73. The van der Waals surface area contributed by atoms with E-state index in [2.05, 4.69) is 10.3 Å². The van der Waals surface area contributed by atoms with Crippen LogP contribution in [0.1, 0.15) is 34.6 Å². The van der Waals surface area contributed by atoms with Crippen molar-refractivity contribution in [3.05, 3.63) is 98.2 Å². The zero-order chi connectivity index (χ0) is 22.8. The number of alkyl halides is 3. The number of hydrogen-bond acceptors (Lipinski definition) is 5. The van der Waals surface area contributed by atoms with Gasteiger partial charge in [-0.15, -0.1) is 0 Å². The quantitative estimate of drug-likeness (QED) is 0.489. The van der Waals surface area contributed by atoms with Gasteiger partial charge in [0.1, 0.15) is 5.69 Å². The maximum atomic E-state index is 13.1. The van der Waals surface area contributed by atoms with Gasteiger partial charge in [0.05, 0.1) is 22.7 Å². The molecule has 11 heteroatoms. The van der Waals surface area contributed by atoms with Crippen molar-refractivity contribution in [1.82, 2.24) is 14.9 Å². The van der Waals surface area contributed by atoms with Crippen LogP contribution in [0.25, 0.3) is 5.69 Å². The highest BCUT2D eigenvalue weighted by atomic mass is 19.4. The lowest BCUT2D eigenvalue weighted by Gasteiger charge is -2.16. The van der Waals surface area contributed by atoms with Crippen LogP contribution in [0.2, 0.25) is 0 Å². The first kappa shape index (κ1) is 21.7. The number of amides is 1. The molecular formula is C20H15F3N4O4. The van der Waals surface area contributed by atoms with Crippen LogP contribution in [0.3, 0.4) is 0 Å². The Bertz CT molecular complexity index is 1190. The number of rotatable bonds is 5. The Morgan fingerprint density at radius 2 is 1.87 bits per heavy atom. The number of halogens is 3. The molecule has 1 amide bonds. The van der Waals surface area contributed by atoms with E-state index in [1.54, 1.807) is 30.3 Å². The molecule has 1 N–H and O–H groups in total. The van der Waals surface area contributed by atoms with E-state index in [4.69, 9.17) is 0 Å². The Labute approximate surface area is 173 Å². The maximum Gasteiger partial charge on any atom is 0.416 e. The van der Waals surface area contributed by atoms with Crippen molar-refractivity contribution < 1.29 is 22.9 Å². The molecule has 0 bridgehead atoms. The second-order valence-corrected chi connectivity index (χ2v) is 6.58. The number of carbonyl (C=O) groups excluding carboxylic acids is 1. The molecule has 0 saturated heterocycles. The van der Waals surface area contributed by atoms with Crippen molar-refractivity contribution in [2.45, 2.75) is 19.1 Å². The number of benzene rings is 2. The first-order chi connectivity index (χ1) is 14.6. The molecule has 8 nitrogen and oxygen atoms in total. The normalized spacial score (nSPS) is 12.3. The smallest absolute Gasteiger partial charge is 0.344 e. The first-order valence-electron chi connectivity index (χ1n) is 8.88. The number of nitrogens with one attached hydrogen (secondary N) is 1. The summed E-state index contributed by atoms with van der Waals surface area (Å²) < 4.78 is 40.5. The number of aromatic nitrogens is 2. The molecule has 0 aliphatic rings. The Hall–Kier alpha value is -4.02. The lowest BCUT2D eigenvalue weighted by molar-refractivity contribution is -0.385. The second kappa shape index (κ2) is 8.38. The summed E-state index contributed by atoms with van der Waals surface area (Å²) in [6.07, 6.45) is -2.65. The average molecular weight is 432 g/mol. The van der Waals surface area contributed by atoms with Crippen molar-refractivity contribution in [2.75, 3.05) is 0 Å². The summed E-state index contributed by atoms with van der Waals surface area (Å²) in [4.78, 5) is 38.5. The van der Waals surface area contributed by atoms with Gasteiger partial charge in [0.2, 0.25) is 0 Å². The Balaban J connectivity index is 1.90. The number of para-hydroxylation sites is 1. The van der Waals surface area contributed by atoms with Crippen LogP contribution in [0.4, 0.5) is 18.9 Å². The summed E-state index contributed by atoms with van der Waals surface area (Å²) in [5.41, 5.74) is -2.20. The third kappa shape index (κ3) is 4.94. The molecule has 2 aromatic carbocycles. The van der Waals surface area contributed by atoms with E-state index >= 15 is 0 Å². The maximum absolute atomic E-state index is 13.1. The van der Waals surface area contributed by atoms with E-state index in [9.17, 15) is 32.9 Å². The van der Waals surface area contributed by atoms with E-state index in [1.165, 1.54) is 17.7 Å². The highest BCUT2D eigenvalue weighted by Crippen LogP contribution is 2.34. The third-order valence-electron chi connectivity index (χ3n) is 4.40. The van der Waals surface area contributed by atoms with Gasteiger partial charge in [-0.2, -0.15) is 13.2 Å². The topological polar surface area (TPSA) is 107 Å². The molecule has 1 aromatic heterocycles. The Morgan fingerprint density at radius 1 is 1.19 bits per heavy atom. The fourth-order valence-corrected chi connectivity index (χ4v) is 2.82. The van der Waals surface area contributed by atoms with Crippen LogP contribution in [0, 0.1) is 10.1 Å². The zero-order valence-corrected chi connectivity index (χ0v) is 16.0. The minimum atomic E-state index is -4.79. The van der Waals surface area contributed by atoms with E-state index < -0.39 is 39.9 Å². The molecule has 31 heavy (non-hydrogen) atoms. The number of carbonyl (C=O) groups is 1. The summed E-state index contributed by atoms with van der Waals surface area (Å²) in [5, 5.41) is 13.5. The molecule has 1 atom stereocenters. The molecule has 0 radical (unpaired) electrons. The molecule has 160 valence electrons. The van der Waals surface area contributed by atoms with Gasteiger partial charge < -0.3 is 5.32 Å². The molecule has 1 heterocycles. The predicted octanol–water partition coefficient (Wildman–Crippen LogP) is 3.65. The minimum absolute atomic E-state index is 0.105. The van der Waals surface area contributed by atoms with E-state index in [0.717, 1.165) is 18.3 Å². The van der Waals surface area contributed by atoms with Crippen LogP contribution >= 0.6 is 0 Å². The Morgan fingerprint density at radius 3 is 2.48 bits per heavy atom. The summed E-state index contributed by atoms with van der Waals surface area (Å²) >= 11 is 0. The van der Waals surface area contributed by atoms with Crippen molar-refractivity contribution in [2.24, 2.45) is 0 Å². The van der Waals surface area contributed by atoms with Crippen LogP contribution < -0.4 is 10.9 Å². The third-order valence-corrected chi connectivity index (χ3v) is 4.40. The SMILES string of the molecule is CC(NC(=O)c1cn(-c2ccccc2)c(=O)cn1)c1cc([N+](=O)[O-])cc(C(F)(F)F)c1. The fraction of sp³-hybridized carbons (Fsp3) is 0.150. The number of non-ortho nitro benzene ring substituents is 1. The van der Waals surface area contributed by atoms with Gasteiger partial charge in [-0.25, -0.2) is 4.98 Å². The first-order valence-corrected chi connectivity index (χ1v) is 8.88. The van der Waals surface area contributed by atoms with Crippen molar-refractivity contribution >= 4 is 11.6 Å². The molecule has 0 spiro atoms. The van der Waals surface area contributed by atoms with Gasteiger partial charge >= 0.3 is 6.18 Å². The largest absolute Gasteiger partial charge is 0.416 e. The van der Waals surface area contributed by atoms with Crippen LogP contribution in [0.5, 0.6) is 0 Å². The second-order valence-electron chi connectivity index (χ2n) is 6.58. The monoisotopic (exact) mass is 432 g/mol. The van der Waals surface area contributed by atoms with Gasteiger partial charge in [0.15, 0.2) is 0 Å². The van der Waals surface area contributed by atoms with Crippen LogP contribution in [-0.2, 0) is 6.18 Å². The van der Waals surface area contributed by atoms with Gasteiger partial charge in [0, 0.05) is 24.0 Å². The molecule has 0 saturated carbocycles. The van der Waals surface area contributed by atoms with E-state index in [0.29, 0.717) is 11.8 Å². The molecule has 0 fully saturated rings. The summed E-state index contributed by atoms with van der Waals surface area (Å²) in [7, 11) is 0. The van der Waals surface area contributed by atoms with E-state index in [1.807, 2.05) is 0 Å². The summed E-state index contributed by atoms with van der Waals surface area (Å²) in [5.74, 6) is -0.766. The van der Waals surface area contributed by atoms with Gasteiger partial charge in [-0.3, -0.25) is 24.3 Å². The molecule has 3 rings (SSSR count). The molecule has 1 unspecified atom stereocenters. The molecular weight excluding hydrogens is 417 g/mol. The molecule has 3 aromatic rings. The number of nitrogens with zero attached hydrogens (tertiary/aromatic N) is 3. The predicted molar refractivity (Wildman–Crippen MR) is 104 cm³/mol. The van der Waals surface area contributed by atoms with Crippen molar-refractivity contribution in [3.8, 4) is 5.69 Å². The van der Waals surface area contributed by atoms with Crippen molar-refractivity contribution in [1.29, 1.82) is 0 Å². The van der Waals surface area contributed by atoms with Crippen LogP contribution in [-0.4, -0.2) is 20.4 Å². The lowest BCUT2D eigenvalue weighted by atomic mass is 10.0. The minimum Gasteiger partial charge on any atom is -0.344 e. The Kier molecular flexibility index (Phi) is 5.86. The summed E-state index contributed by atoms with van der Waals surface area (Å²) in [6.45, 7) is 1.38. The van der Waals surface area contributed by atoms with Gasteiger partial charge in [-0.1, -0.05) is 18.2 Å². The number of nitro benzene ring substituents is 1. The molecule has 0 aliphatic heterocycles. The van der Waals surface area contributed by atoms with Crippen LogP contribution in [0.15, 0.2) is 65.7 Å². The standard InChI is InChI=1S/C20H15F3N4O4/c1-12(13-7-14(20(21,22)23)9-16(8-13)27(30)31)25-19(29)17-11-26(18(28)10-24-17)15-5-3-2-4-6-15/h2-12H,1H3,(H,25,29). The van der Waals surface area contributed by atoms with E-state index in [-0.39, 0.29) is 11.3 Å². The molecule has 0 aliphatic carbocycles. The highest BCUT2D eigenvalue weighted by molar-refractivity contribution is 5.92. The number of hydrogen-bond donors (Lipinski definition) is 1. The van der Waals surface area contributed by atoms with Crippen molar-refractivity contribution in [3.63, 3.8) is 0 Å².